The quantitative estimate of drug-likeness (QED) is 0.624. The van der Waals surface area contributed by atoms with Crippen LogP contribution in [0.25, 0.3) is 0 Å². The summed E-state index contributed by atoms with van der Waals surface area (Å²) in [7, 11) is -4.58. The molecule has 0 aromatic carbocycles. The molecule has 0 amide bonds. The van der Waals surface area contributed by atoms with Crippen molar-refractivity contribution in [3.05, 3.63) is 0 Å². The van der Waals surface area contributed by atoms with Gasteiger partial charge < -0.3 is 4.89 Å². The molecule has 2 atom stereocenters. The van der Waals surface area contributed by atoms with Gasteiger partial charge in [0.1, 0.15) is 0 Å². The van der Waals surface area contributed by atoms with Crippen LogP contribution in [-0.2, 0) is 13.6 Å². The average molecular weight is 312 g/mol. The molecule has 1 aliphatic rings. The van der Waals surface area contributed by atoms with E-state index >= 15 is 0 Å². The first kappa shape index (κ1) is 16.8. The fourth-order valence-electron chi connectivity index (χ4n) is 1.64. The standard InChI is InChI=1S/C9H14F5O4P/c10-8(11,9(12,13)14)6-7-4-2-1-3-5-17-19(15,16)18-7/h7H,1-6H2,(H,15,16). The van der Waals surface area contributed by atoms with Gasteiger partial charge in [0.2, 0.25) is 0 Å². The normalized spacial score (nSPS) is 31.4. The number of phosphoric acid groups is 1. The fourth-order valence-corrected chi connectivity index (χ4v) is 2.62. The van der Waals surface area contributed by atoms with Crippen LogP contribution in [-0.4, -0.2) is 29.7 Å². The maximum absolute atomic E-state index is 12.9. The molecular formula is C9H14F5O4P. The Bertz CT molecular complexity index is 346. The predicted octanol–water partition coefficient (Wildman–Crippen LogP) is 3.65. The van der Waals surface area contributed by atoms with Gasteiger partial charge in [-0.05, 0) is 12.8 Å². The highest BCUT2D eigenvalue weighted by atomic mass is 31.2. The van der Waals surface area contributed by atoms with Gasteiger partial charge >= 0.3 is 19.9 Å². The molecule has 1 saturated heterocycles. The van der Waals surface area contributed by atoms with Gasteiger partial charge in [-0.15, -0.1) is 0 Å². The maximum Gasteiger partial charge on any atom is 0.472 e. The topological polar surface area (TPSA) is 55.8 Å². The third-order valence-electron chi connectivity index (χ3n) is 2.61. The third kappa shape index (κ3) is 5.33. The molecule has 0 aliphatic carbocycles. The zero-order chi connectivity index (χ0) is 14.7. The Kier molecular flexibility index (Phi) is 5.34. The van der Waals surface area contributed by atoms with Crippen molar-refractivity contribution < 1.29 is 40.5 Å². The van der Waals surface area contributed by atoms with Gasteiger partial charge in [-0.2, -0.15) is 22.0 Å². The van der Waals surface area contributed by atoms with Crippen LogP contribution in [0.15, 0.2) is 0 Å². The number of phosphoric ester groups is 1. The minimum atomic E-state index is -5.71. The van der Waals surface area contributed by atoms with Crippen LogP contribution in [0.1, 0.15) is 32.1 Å². The Morgan fingerprint density at radius 1 is 1.16 bits per heavy atom. The first-order chi connectivity index (χ1) is 8.54. The van der Waals surface area contributed by atoms with Crippen LogP contribution in [0, 0.1) is 0 Å². The summed E-state index contributed by atoms with van der Waals surface area (Å²) in [6.07, 6.45) is -8.00. The summed E-state index contributed by atoms with van der Waals surface area (Å²) in [6, 6.07) is 0. The van der Waals surface area contributed by atoms with E-state index in [0.717, 1.165) is 0 Å². The van der Waals surface area contributed by atoms with Crippen LogP contribution in [0.2, 0.25) is 0 Å². The Morgan fingerprint density at radius 2 is 1.79 bits per heavy atom. The summed E-state index contributed by atoms with van der Waals surface area (Å²) in [6.45, 7) is -0.101. The fraction of sp³-hybridized carbons (Fsp3) is 1.00. The molecule has 19 heavy (non-hydrogen) atoms. The van der Waals surface area contributed by atoms with E-state index in [4.69, 9.17) is 4.89 Å². The zero-order valence-electron chi connectivity index (χ0n) is 9.83. The highest BCUT2D eigenvalue weighted by molar-refractivity contribution is 7.47. The monoisotopic (exact) mass is 312 g/mol. The highest BCUT2D eigenvalue weighted by Crippen LogP contribution is 2.49. The Balaban J connectivity index is 2.75. The summed E-state index contributed by atoms with van der Waals surface area (Å²) in [5, 5.41) is 0. The molecule has 4 nitrogen and oxygen atoms in total. The number of halogens is 5. The van der Waals surface area contributed by atoms with Gasteiger partial charge in [0, 0.05) is 6.42 Å². The number of rotatable bonds is 2. The summed E-state index contributed by atoms with van der Waals surface area (Å²) >= 11 is 0. The number of hydrogen-bond donors (Lipinski definition) is 1. The second-order valence-corrected chi connectivity index (χ2v) is 5.69. The second kappa shape index (κ2) is 6.03. The number of alkyl halides is 5. The molecule has 10 heteroatoms. The lowest BCUT2D eigenvalue weighted by atomic mass is 10.0. The first-order valence-corrected chi connectivity index (χ1v) is 7.13. The van der Waals surface area contributed by atoms with Crippen molar-refractivity contribution in [2.24, 2.45) is 0 Å². The molecule has 2 unspecified atom stereocenters. The Morgan fingerprint density at radius 3 is 2.37 bits per heavy atom. The summed E-state index contributed by atoms with van der Waals surface area (Å²) in [5.41, 5.74) is 0. The van der Waals surface area contributed by atoms with Crippen molar-refractivity contribution in [2.75, 3.05) is 6.61 Å². The van der Waals surface area contributed by atoms with Crippen LogP contribution in [0.3, 0.4) is 0 Å². The molecular weight excluding hydrogens is 298 g/mol. The van der Waals surface area contributed by atoms with Crippen molar-refractivity contribution in [1.82, 2.24) is 0 Å². The van der Waals surface area contributed by atoms with E-state index in [1.807, 2.05) is 0 Å². The summed E-state index contributed by atoms with van der Waals surface area (Å²) in [4.78, 5) is 9.16. The van der Waals surface area contributed by atoms with Gasteiger partial charge in [-0.25, -0.2) is 4.57 Å². The molecule has 114 valence electrons. The highest BCUT2D eigenvalue weighted by Gasteiger charge is 2.58. The van der Waals surface area contributed by atoms with Crippen molar-refractivity contribution in [1.29, 1.82) is 0 Å². The van der Waals surface area contributed by atoms with Crippen LogP contribution in [0.4, 0.5) is 22.0 Å². The number of hydrogen-bond acceptors (Lipinski definition) is 3. The van der Waals surface area contributed by atoms with E-state index in [2.05, 4.69) is 9.05 Å². The molecule has 0 spiro atoms. The lowest BCUT2D eigenvalue weighted by molar-refractivity contribution is -0.289. The molecule has 0 aromatic heterocycles. The smallest absolute Gasteiger partial charge is 0.302 e. The van der Waals surface area contributed by atoms with Crippen molar-refractivity contribution in [2.45, 2.75) is 50.3 Å². The van der Waals surface area contributed by atoms with E-state index in [0.29, 0.717) is 19.3 Å². The van der Waals surface area contributed by atoms with Crippen molar-refractivity contribution in [3.63, 3.8) is 0 Å². The SMILES string of the molecule is O=P1(O)OCCCCCC(CC(F)(F)C(F)(F)F)O1. The predicted molar refractivity (Wildman–Crippen MR) is 54.7 cm³/mol. The Hall–Kier alpha value is -0.240. The first-order valence-electron chi connectivity index (χ1n) is 5.64. The molecule has 1 fully saturated rings. The van der Waals surface area contributed by atoms with Gasteiger partial charge in [-0.1, -0.05) is 12.8 Å². The van der Waals surface area contributed by atoms with Gasteiger partial charge in [-0.3, -0.25) is 9.05 Å². The molecule has 1 aliphatic heterocycles. The van der Waals surface area contributed by atoms with Crippen LogP contribution < -0.4 is 0 Å². The lowest BCUT2D eigenvalue weighted by Crippen LogP contribution is -2.40. The average Bonchev–Trinajstić information content (AvgIpc) is 2.26. The van der Waals surface area contributed by atoms with E-state index in [-0.39, 0.29) is 13.0 Å². The summed E-state index contributed by atoms with van der Waals surface area (Å²) < 4.78 is 82.1. The maximum atomic E-state index is 12.9. The van der Waals surface area contributed by atoms with E-state index < -0.39 is 32.4 Å². The Labute approximate surface area is 106 Å². The second-order valence-electron chi connectivity index (χ2n) is 4.28. The molecule has 0 radical (unpaired) electrons. The zero-order valence-corrected chi connectivity index (χ0v) is 10.7. The van der Waals surface area contributed by atoms with E-state index in [1.54, 1.807) is 0 Å². The van der Waals surface area contributed by atoms with Crippen LogP contribution in [0.5, 0.6) is 0 Å². The third-order valence-corrected chi connectivity index (χ3v) is 3.68. The molecule has 0 aromatic rings. The van der Waals surface area contributed by atoms with Crippen LogP contribution >= 0.6 is 7.82 Å². The molecule has 1 rings (SSSR count). The van der Waals surface area contributed by atoms with Gasteiger partial charge in [0.25, 0.3) is 0 Å². The van der Waals surface area contributed by atoms with E-state index in [9.17, 15) is 26.5 Å². The summed E-state index contributed by atoms with van der Waals surface area (Å²) in [5.74, 6) is -4.97. The van der Waals surface area contributed by atoms with E-state index in [1.165, 1.54) is 0 Å². The molecule has 1 N–H and O–H groups in total. The van der Waals surface area contributed by atoms with Gasteiger partial charge in [0.05, 0.1) is 12.7 Å². The van der Waals surface area contributed by atoms with Gasteiger partial charge in [0.15, 0.2) is 0 Å². The van der Waals surface area contributed by atoms with Crippen molar-refractivity contribution >= 4 is 7.82 Å². The van der Waals surface area contributed by atoms with Crippen molar-refractivity contribution in [3.8, 4) is 0 Å². The molecule has 0 bridgehead atoms. The lowest BCUT2D eigenvalue weighted by Gasteiger charge is -2.25. The minimum Gasteiger partial charge on any atom is -0.302 e. The minimum absolute atomic E-state index is 0.101. The largest absolute Gasteiger partial charge is 0.472 e. The molecule has 1 heterocycles. The molecule has 0 saturated carbocycles.